The molecule has 0 aromatic heterocycles. The third kappa shape index (κ3) is 4.17. The Morgan fingerprint density at radius 3 is 1.13 bits per heavy atom. The lowest BCUT2D eigenvalue weighted by atomic mass is 9.79. The first kappa shape index (κ1) is 37.8. The van der Waals surface area contributed by atoms with E-state index in [9.17, 15) is 67.5 Å². The molecule has 5 aromatic carbocycles. The molecule has 0 saturated carbocycles. The van der Waals surface area contributed by atoms with Crippen LogP contribution in [0.2, 0.25) is 0 Å². The van der Waals surface area contributed by atoms with E-state index < -0.39 is 143 Å². The topological polar surface area (TPSA) is 86.7 Å². The first-order valence-electron chi connectivity index (χ1n) is 14.4. The van der Waals surface area contributed by atoms with Crippen LogP contribution in [0.5, 0.6) is 0 Å². The number of fused-ring (bicyclic) bond motifs is 2. The van der Waals surface area contributed by atoms with Crippen LogP contribution in [0.25, 0.3) is 43.1 Å². The molecule has 0 spiro atoms. The Morgan fingerprint density at radius 1 is 0.345 bits per heavy atom. The Hall–Kier alpha value is -5.51. The maximum atomic E-state index is 16.3. The molecule has 5 aromatic rings. The standard InChI is InChI=1S/C32H7F17O6/c33-25(34,26(35,36)27(37,38)28(39,40)29(41,42)30(43,44)31(45,46)32(47,48)49)15-7-14-18-13(23(52)55-24(14)53)5-2-9-8-1-4-11-17-12(22(51)54-21(11)50)6-3-10(16(8)17)19(15)20(9)18/h1-7H. The number of esters is 4. The van der Waals surface area contributed by atoms with Crippen LogP contribution in [0.1, 0.15) is 47.0 Å². The van der Waals surface area contributed by atoms with Crippen molar-refractivity contribution < 1.29 is 103 Å². The fourth-order valence-corrected chi connectivity index (χ4v) is 6.64. The number of hydrogen-bond acceptors (Lipinski definition) is 6. The number of carbonyl (C=O) groups excluding carboxylic acids is 4. The molecule has 0 radical (unpaired) electrons. The van der Waals surface area contributed by atoms with Gasteiger partial charge in [-0.25, -0.2) is 19.2 Å². The van der Waals surface area contributed by atoms with Crippen LogP contribution >= 0.6 is 0 Å². The molecule has 0 amide bonds. The van der Waals surface area contributed by atoms with Crippen molar-refractivity contribution >= 4 is 67.0 Å². The molecule has 2 heterocycles. The van der Waals surface area contributed by atoms with Gasteiger partial charge in [-0.05, 0) is 51.2 Å². The number of alkyl halides is 17. The number of benzene rings is 5. The van der Waals surface area contributed by atoms with Gasteiger partial charge in [-0.1, -0.05) is 18.2 Å². The van der Waals surface area contributed by atoms with E-state index in [1.165, 1.54) is 0 Å². The Morgan fingerprint density at radius 2 is 0.691 bits per heavy atom. The number of carbonyl (C=O) groups is 4. The molecule has 0 N–H and O–H groups in total. The zero-order valence-corrected chi connectivity index (χ0v) is 25.4. The van der Waals surface area contributed by atoms with Crippen LogP contribution in [-0.2, 0) is 15.4 Å². The van der Waals surface area contributed by atoms with Gasteiger partial charge in [0.25, 0.3) is 0 Å². The minimum absolute atomic E-state index is 0.217. The van der Waals surface area contributed by atoms with Crippen LogP contribution < -0.4 is 0 Å². The molecular formula is C32H7F17O6. The Bertz CT molecular complexity index is 2590. The molecule has 290 valence electrons. The van der Waals surface area contributed by atoms with Crippen molar-refractivity contribution in [3.63, 3.8) is 0 Å². The predicted molar refractivity (Wildman–Crippen MR) is 147 cm³/mol. The van der Waals surface area contributed by atoms with E-state index in [1.807, 2.05) is 0 Å². The molecule has 0 aliphatic carbocycles. The molecule has 0 saturated heterocycles. The van der Waals surface area contributed by atoms with Crippen LogP contribution in [0.3, 0.4) is 0 Å². The molecule has 6 nitrogen and oxygen atoms in total. The van der Waals surface area contributed by atoms with E-state index in [1.54, 1.807) is 0 Å². The van der Waals surface area contributed by atoms with Gasteiger partial charge in [0.15, 0.2) is 0 Å². The minimum atomic E-state index is -8.88. The lowest BCUT2D eigenvalue weighted by Gasteiger charge is -2.43. The highest BCUT2D eigenvalue weighted by atomic mass is 19.4. The van der Waals surface area contributed by atoms with Crippen LogP contribution in [0, 0.1) is 0 Å². The van der Waals surface area contributed by atoms with Gasteiger partial charge in [0.1, 0.15) is 0 Å². The van der Waals surface area contributed by atoms with Crippen molar-refractivity contribution in [3.05, 3.63) is 70.3 Å². The van der Waals surface area contributed by atoms with E-state index >= 15 is 26.3 Å². The number of halogens is 17. The molecule has 7 rings (SSSR count). The normalized spacial score (nSPS) is 16.5. The molecule has 23 heteroatoms. The van der Waals surface area contributed by atoms with Gasteiger partial charge in [0, 0.05) is 21.7 Å². The van der Waals surface area contributed by atoms with Crippen molar-refractivity contribution in [3.8, 4) is 0 Å². The third-order valence-corrected chi connectivity index (χ3v) is 9.31. The maximum absolute atomic E-state index is 16.3. The summed E-state index contributed by atoms with van der Waals surface area (Å²) < 4.78 is 253. The second-order valence-corrected chi connectivity index (χ2v) is 12.2. The van der Waals surface area contributed by atoms with Gasteiger partial charge < -0.3 is 9.47 Å². The van der Waals surface area contributed by atoms with Crippen molar-refractivity contribution in [2.75, 3.05) is 0 Å². The van der Waals surface area contributed by atoms with Gasteiger partial charge in [-0.3, -0.25) is 0 Å². The summed E-state index contributed by atoms with van der Waals surface area (Å²) in [4.78, 5) is 50.5. The summed E-state index contributed by atoms with van der Waals surface area (Å²) in [5.74, 6) is -65.2. The van der Waals surface area contributed by atoms with Crippen molar-refractivity contribution in [2.24, 2.45) is 0 Å². The average molecular weight is 810 g/mol. The van der Waals surface area contributed by atoms with Gasteiger partial charge in [0.2, 0.25) is 0 Å². The van der Waals surface area contributed by atoms with Crippen molar-refractivity contribution in [2.45, 2.75) is 47.6 Å². The summed E-state index contributed by atoms with van der Waals surface area (Å²) >= 11 is 0. The Kier molecular flexibility index (Phi) is 7.15. The Balaban J connectivity index is 1.59. The molecule has 2 aliphatic heterocycles. The lowest BCUT2D eigenvalue weighted by Crippen LogP contribution is -2.74. The highest BCUT2D eigenvalue weighted by Crippen LogP contribution is 2.66. The van der Waals surface area contributed by atoms with Gasteiger partial charge in [-0.2, -0.15) is 74.6 Å². The molecule has 0 fully saturated rings. The van der Waals surface area contributed by atoms with E-state index in [0.717, 1.165) is 24.3 Å². The van der Waals surface area contributed by atoms with Gasteiger partial charge in [-0.15, -0.1) is 0 Å². The summed E-state index contributed by atoms with van der Waals surface area (Å²) in [6.07, 6.45) is -7.93. The fourth-order valence-electron chi connectivity index (χ4n) is 6.64. The molecule has 0 bridgehead atoms. The highest BCUT2D eigenvalue weighted by Gasteiger charge is 2.95. The van der Waals surface area contributed by atoms with Gasteiger partial charge in [0.05, 0.1) is 22.3 Å². The number of ether oxygens (including phenoxy) is 2. The Labute approximate surface area is 288 Å². The van der Waals surface area contributed by atoms with Crippen LogP contribution in [0.15, 0.2) is 42.5 Å². The molecule has 2 aliphatic rings. The summed E-state index contributed by atoms with van der Waals surface area (Å²) in [5.41, 5.74) is -5.80. The maximum Gasteiger partial charge on any atom is 0.460 e. The van der Waals surface area contributed by atoms with E-state index in [-0.39, 0.29) is 5.39 Å². The monoisotopic (exact) mass is 810 g/mol. The van der Waals surface area contributed by atoms with Crippen LogP contribution in [-0.4, -0.2) is 65.6 Å². The summed E-state index contributed by atoms with van der Waals surface area (Å²) in [6.45, 7) is 0. The first-order valence-corrected chi connectivity index (χ1v) is 14.4. The van der Waals surface area contributed by atoms with E-state index in [0.29, 0.717) is 12.1 Å². The van der Waals surface area contributed by atoms with Crippen molar-refractivity contribution in [1.29, 1.82) is 0 Å². The average Bonchev–Trinajstić information content (AvgIpc) is 3.07. The molecule has 55 heavy (non-hydrogen) atoms. The summed E-state index contributed by atoms with van der Waals surface area (Å²) in [6, 6.07) is 4.65. The zero-order chi connectivity index (χ0) is 41.2. The summed E-state index contributed by atoms with van der Waals surface area (Å²) in [5, 5.41) is -5.78. The van der Waals surface area contributed by atoms with E-state index in [4.69, 9.17) is 0 Å². The SMILES string of the molecule is O=C1OC(=O)c2ccc3c4c(C(F)(F)C(F)(F)C(F)(F)C(F)(F)C(F)(F)C(F)(F)C(F)(F)C(F)(F)F)cc5c6c(ccc(c7ccc1c2c73)c64)C(=O)OC5=O. The molecule has 0 unspecified atom stereocenters. The predicted octanol–water partition coefficient (Wildman–Crippen LogP) is 9.82. The van der Waals surface area contributed by atoms with Crippen molar-refractivity contribution in [1.82, 2.24) is 0 Å². The van der Waals surface area contributed by atoms with Crippen LogP contribution in [0.4, 0.5) is 74.6 Å². The smallest absolute Gasteiger partial charge is 0.386 e. The second-order valence-electron chi connectivity index (χ2n) is 12.2. The van der Waals surface area contributed by atoms with E-state index in [2.05, 4.69) is 9.47 Å². The molecular weight excluding hydrogens is 803 g/mol. The number of hydrogen-bond donors (Lipinski definition) is 0. The molecule has 0 atom stereocenters. The summed E-state index contributed by atoms with van der Waals surface area (Å²) in [7, 11) is 0. The number of rotatable bonds is 7. The first-order chi connectivity index (χ1) is 24.9. The fraction of sp³-hybridized carbons (Fsp3) is 0.250. The highest BCUT2D eigenvalue weighted by molar-refractivity contribution is 6.40. The second kappa shape index (κ2) is 10.4. The van der Waals surface area contributed by atoms with Gasteiger partial charge >= 0.3 is 71.5 Å². The lowest BCUT2D eigenvalue weighted by molar-refractivity contribution is -0.462. The minimum Gasteiger partial charge on any atom is -0.386 e. The quantitative estimate of drug-likeness (QED) is 0.0535. The zero-order valence-electron chi connectivity index (χ0n) is 25.4. The number of cyclic esters (lactones) is 4. The third-order valence-electron chi connectivity index (χ3n) is 9.31. The largest absolute Gasteiger partial charge is 0.460 e.